The van der Waals surface area contributed by atoms with Crippen LogP contribution in [0.15, 0.2) is 0 Å². The maximum Gasteiger partial charge on any atom is 0.402 e. The molecule has 9 heteroatoms. The Bertz CT molecular complexity index is 241. The molecule has 0 bridgehead atoms. The summed E-state index contributed by atoms with van der Waals surface area (Å²) in [6.07, 6.45) is -0.358. The van der Waals surface area contributed by atoms with E-state index in [4.69, 9.17) is 31.9 Å². The Morgan fingerprint density at radius 3 is 2.06 bits per heavy atom. The van der Waals surface area contributed by atoms with Crippen LogP contribution >= 0.6 is 0 Å². The molecule has 94 valence electrons. The van der Waals surface area contributed by atoms with Crippen molar-refractivity contribution < 1.29 is 19.8 Å². The lowest BCUT2D eigenvalue weighted by molar-refractivity contribution is -0.138. The molecule has 0 aromatic heterocycles. The maximum atomic E-state index is 10.2. The second kappa shape index (κ2) is 9.52. The van der Waals surface area contributed by atoms with E-state index in [-0.39, 0.29) is 5.96 Å². The first-order valence-electron chi connectivity index (χ1n) is 4.32. The molecule has 16 heavy (non-hydrogen) atoms. The topological polar surface area (TPSA) is 189 Å². The Kier molecular flexibility index (Phi) is 9.76. The highest BCUT2D eigenvalue weighted by atomic mass is 16.4. The third-order valence-electron chi connectivity index (χ3n) is 1.32. The quantitative estimate of drug-likeness (QED) is 0.167. The van der Waals surface area contributed by atoms with Crippen LogP contribution in [0.1, 0.15) is 12.8 Å². The number of carboxylic acid groups (broad SMARTS) is 2. The zero-order valence-corrected chi connectivity index (χ0v) is 8.64. The molecule has 9 nitrogen and oxygen atoms in total. The average molecular weight is 235 g/mol. The minimum absolute atomic E-state index is 0.112. The van der Waals surface area contributed by atoms with Crippen LogP contribution in [0.25, 0.3) is 0 Å². The van der Waals surface area contributed by atoms with Gasteiger partial charge in [0.05, 0.1) is 0 Å². The van der Waals surface area contributed by atoms with Gasteiger partial charge in [0.25, 0.3) is 0 Å². The van der Waals surface area contributed by atoms with E-state index in [2.05, 4.69) is 11.1 Å². The third-order valence-corrected chi connectivity index (χ3v) is 1.32. The van der Waals surface area contributed by atoms with Gasteiger partial charge in [-0.25, -0.2) is 4.79 Å². The number of primary amides is 1. The number of carboxylic acids is 1. The molecule has 1 amide bonds. The van der Waals surface area contributed by atoms with E-state index in [0.717, 1.165) is 0 Å². The Morgan fingerprint density at radius 2 is 1.75 bits per heavy atom. The molecule has 10 N–H and O–H groups in total. The SMILES string of the molecule is N=C(N)NCCCC(N)C(=O)O.NC(=O)O. The van der Waals surface area contributed by atoms with E-state index in [1.54, 1.807) is 0 Å². The Balaban J connectivity index is 0. The van der Waals surface area contributed by atoms with Crippen LogP contribution in [-0.4, -0.2) is 40.8 Å². The lowest BCUT2D eigenvalue weighted by Crippen LogP contribution is -2.34. The summed E-state index contributed by atoms with van der Waals surface area (Å²) in [6, 6.07) is -0.821. The summed E-state index contributed by atoms with van der Waals surface area (Å²) in [5.74, 6) is -1.11. The van der Waals surface area contributed by atoms with Gasteiger partial charge in [-0.2, -0.15) is 0 Å². The van der Waals surface area contributed by atoms with E-state index < -0.39 is 18.1 Å². The molecule has 0 radical (unpaired) electrons. The highest BCUT2D eigenvalue weighted by molar-refractivity contribution is 5.74. The predicted octanol–water partition coefficient (Wildman–Crippen LogP) is -1.72. The number of hydrogen-bond donors (Lipinski definition) is 7. The van der Waals surface area contributed by atoms with Crippen molar-refractivity contribution in [2.45, 2.75) is 18.9 Å². The first-order chi connectivity index (χ1) is 7.27. The van der Waals surface area contributed by atoms with Gasteiger partial charge in [-0.15, -0.1) is 0 Å². The summed E-state index contributed by atoms with van der Waals surface area (Å²) in [5.41, 5.74) is 14.2. The average Bonchev–Trinajstić information content (AvgIpc) is 2.10. The Labute approximate surface area is 92.1 Å². The molecule has 0 rings (SSSR count). The molecule has 0 aliphatic heterocycles. The molecular weight excluding hydrogens is 218 g/mol. The Morgan fingerprint density at radius 1 is 1.31 bits per heavy atom. The molecule has 0 saturated heterocycles. The highest BCUT2D eigenvalue weighted by Crippen LogP contribution is 1.92. The number of nitrogens with two attached hydrogens (primary N) is 3. The fourth-order valence-corrected chi connectivity index (χ4v) is 0.669. The minimum atomic E-state index is -1.33. The van der Waals surface area contributed by atoms with Crippen molar-refractivity contribution in [3.8, 4) is 0 Å². The first kappa shape index (κ1) is 16.4. The number of amides is 1. The van der Waals surface area contributed by atoms with Gasteiger partial charge in [-0.05, 0) is 12.8 Å². The molecular formula is C7H17N5O4. The summed E-state index contributed by atoms with van der Waals surface area (Å²) in [7, 11) is 0. The van der Waals surface area contributed by atoms with Crippen molar-refractivity contribution in [3.63, 3.8) is 0 Å². The van der Waals surface area contributed by atoms with Gasteiger partial charge < -0.3 is 32.7 Å². The smallest absolute Gasteiger partial charge is 0.402 e. The van der Waals surface area contributed by atoms with Crippen molar-refractivity contribution in [2.24, 2.45) is 17.2 Å². The van der Waals surface area contributed by atoms with E-state index >= 15 is 0 Å². The first-order valence-corrected chi connectivity index (χ1v) is 4.32. The van der Waals surface area contributed by atoms with Gasteiger partial charge in [0.15, 0.2) is 5.96 Å². The molecule has 0 aliphatic rings. The van der Waals surface area contributed by atoms with Crippen LogP contribution < -0.4 is 22.5 Å². The van der Waals surface area contributed by atoms with Gasteiger partial charge in [0, 0.05) is 6.54 Å². The van der Waals surface area contributed by atoms with Gasteiger partial charge in [-0.3, -0.25) is 10.2 Å². The normalized spacial score (nSPS) is 10.6. The summed E-state index contributed by atoms with van der Waals surface area (Å²) < 4.78 is 0. The van der Waals surface area contributed by atoms with Crippen molar-refractivity contribution >= 4 is 18.0 Å². The lowest BCUT2D eigenvalue weighted by Gasteiger charge is -2.06. The molecule has 0 spiro atoms. The Hall–Kier alpha value is -2.03. The van der Waals surface area contributed by atoms with Crippen LogP contribution in [-0.2, 0) is 4.79 Å². The highest BCUT2D eigenvalue weighted by Gasteiger charge is 2.09. The van der Waals surface area contributed by atoms with Crippen LogP contribution in [0.2, 0.25) is 0 Å². The van der Waals surface area contributed by atoms with Crippen LogP contribution in [0, 0.1) is 5.41 Å². The monoisotopic (exact) mass is 235 g/mol. The van der Waals surface area contributed by atoms with E-state index in [9.17, 15) is 4.79 Å². The van der Waals surface area contributed by atoms with Crippen molar-refractivity contribution in [3.05, 3.63) is 0 Å². The summed E-state index contributed by atoms with van der Waals surface area (Å²) >= 11 is 0. The number of aliphatic carboxylic acids is 1. The number of hydrogen-bond acceptors (Lipinski definition) is 4. The standard InChI is InChI=1S/C6H14N4O2.CH3NO2/c7-4(5(11)12)2-1-3-10-6(8)9;2-1(3)4/h4H,1-3,7H2,(H,11,12)(H4,8,9,10);2H2,(H,3,4). The molecule has 0 aliphatic carbocycles. The molecule has 0 aromatic rings. The summed E-state index contributed by atoms with van der Waals surface area (Å²) in [5, 5.41) is 24.9. The molecule has 0 saturated carbocycles. The minimum Gasteiger partial charge on any atom is -0.480 e. The van der Waals surface area contributed by atoms with Crippen LogP contribution in [0.4, 0.5) is 4.79 Å². The predicted molar refractivity (Wildman–Crippen MR) is 57.0 cm³/mol. The number of nitrogens with one attached hydrogen (secondary N) is 2. The van der Waals surface area contributed by atoms with Crippen molar-refractivity contribution in [1.82, 2.24) is 5.32 Å². The van der Waals surface area contributed by atoms with E-state index in [0.29, 0.717) is 19.4 Å². The van der Waals surface area contributed by atoms with Crippen molar-refractivity contribution in [1.29, 1.82) is 5.41 Å². The fraction of sp³-hybridized carbons (Fsp3) is 0.571. The molecule has 1 atom stereocenters. The van der Waals surface area contributed by atoms with Gasteiger partial charge >= 0.3 is 12.1 Å². The number of rotatable bonds is 5. The number of carbonyl (C=O) groups is 2. The molecule has 0 fully saturated rings. The zero-order valence-electron chi connectivity index (χ0n) is 8.64. The van der Waals surface area contributed by atoms with E-state index in [1.165, 1.54) is 0 Å². The second-order valence-corrected chi connectivity index (χ2v) is 2.77. The molecule has 1 unspecified atom stereocenters. The molecule has 0 aromatic carbocycles. The molecule has 0 heterocycles. The number of guanidine groups is 1. The third kappa shape index (κ3) is 17.9. The van der Waals surface area contributed by atoms with Crippen molar-refractivity contribution in [2.75, 3.05) is 6.54 Å². The fourth-order valence-electron chi connectivity index (χ4n) is 0.669. The lowest BCUT2D eigenvalue weighted by atomic mass is 10.2. The largest absolute Gasteiger partial charge is 0.480 e. The van der Waals surface area contributed by atoms with Crippen LogP contribution in [0.5, 0.6) is 0 Å². The van der Waals surface area contributed by atoms with Gasteiger partial charge in [-0.1, -0.05) is 0 Å². The summed E-state index contributed by atoms with van der Waals surface area (Å²) in [6.45, 7) is 0.482. The van der Waals surface area contributed by atoms with Gasteiger partial charge in [0.1, 0.15) is 6.04 Å². The summed E-state index contributed by atoms with van der Waals surface area (Å²) in [4.78, 5) is 19.0. The van der Waals surface area contributed by atoms with E-state index in [1.807, 2.05) is 0 Å². The van der Waals surface area contributed by atoms with Gasteiger partial charge in [0.2, 0.25) is 0 Å². The maximum absolute atomic E-state index is 10.2. The van der Waals surface area contributed by atoms with Crippen LogP contribution in [0.3, 0.4) is 0 Å². The zero-order chi connectivity index (χ0) is 13.1. The second-order valence-electron chi connectivity index (χ2n) is 2.77.